The molecule has 28 heavy (non-hydrogen) atoms. The number of nitrogens with one attached hydrogen (secondary N) is 1. The van der Waals surface area contributed by atoms with Gasteiger partial charge >= 0.3 is 0 Å². The number of hydrogen-bond donors (Lipinski definition) is 1. The molecule has 1 N–H and O–H groups in total. The lowest BCUT2D eigenvalue weighted by Crippen LogP contribution is -2.47. The number of anilines is 1. The number of aromatic nitrogens is 1. The van der Waals surface area contributed by atoms with Gasteiger partial charge in [-0.3, -0.25) is 0 Å². The summed E-state index contributed by atoms with van der Waals surface area (Å²) in [5.74, 6) is 2.00. The van der Waals surface area contributed by atoms with Crippen LogP contribution in [0.2, 0.25) is 0 Å². The fraction of sp³-hybridized carbons (Fsp3) is 0.450. The zero-order valence-corrected chi connectivity index (χ0v) is 16.9. The first-order chi connectivity index (χ1) is 13.5. The van der Waals surface area contributed by atoms with Gasteiger partial charge < -0.3 is 15.0 Å². The summed E-state index contributed by atoms with van der Waals surface area (Å²) < 4.78 is 32.9. The highest BCUT2D eigenvalue weighted by Gasteiger charge is 2.27. The van der Waals surface area contributed by atoms with Crippen molar-refractivity contribution in [1.29, 1.82) is 0 Å². The minimum absolute atomic E-state index is 0.248. The zero-order chi connectivity index (χ0) is 19.6. The first-order valence-electron chi connectivity index (χ1n) is 9.62. The van der Waals surface area contributed by atoms with E-state index < -0.39 is 10.0 Å². The zero-order valence-electron chi connectivity index (χ0n) is 16.0. The Hall–Kier alpha value is -2.16. The molecule has 0 amide bonds. The Morgan fingerprint density at radius 2 is 1.93 bits per heavy atom. The van der Waals surface area contributed by atoms with Crippen LogP contribution in [0, 0.1) is 5.92 Å². The van der Waals surface area contributed by atoms with Crippen LogP contribution in [0.5, 0.6) is 5.75 Å². The lowest BCUT2D eigenvalue weighted by Gasteiger charge is -2.31. The largest absolute Gasteiger partial charge is 0.493 e. The summed E-state index contributed by atoms with van der Waals surface area (Å²) in [6, 6.07) is 11.5. The van der Waals surface area contributed by atoms with Crippen molar-refractivity contribution in [1.82, 2.24) is 14.2 Å². The summed E-state index contributed by atoms with van der Waals surface area (Å²) in [6.07, 6.45) is 2.40. The number of piperazine rings is 1. The van der Waals surface area contributed by atoms with E-state index in [9.17, 15) is 8.42 Å². The molecule has 2 aliphatic heterocycles. The molecule has 1 unspecified atom stereocenters. The number of pyridine rings is 1. The highest BCUT2D eigenvalue weighted by Crippen LogP contribution is 2.27. The average molecular weight is 403 g/mol. The Kier molecular flexibility index (Phi) is 5.52. The first-order valence-corrected chi connectivity index (χ1v) is 11.1. The molecule has 8 heteroatoms. The molecule has 0 saturated carbocycles. The van der Waals surface area contributed by atoms with E-state index in [2.05, 4.69) is 21.3 Å². The lowest BCUT2D eigenvalue weighted by molar-refractivity contribution is 0.222. The Morgan fingerprint density at radius 1 is 1.14 bits per heavy atom. The maximum atomic E-state index is 12.8. The third-order valence-electron chi connectivity index (χ3n) is 5.36. The number of benzene rings is 1. The van der Waals surface area contributed by atoms with Crippen molar-refractivity contribution in [3.05, 3.63) is 48.2 Å². The molecule has 1 saturated heterocycles. The second-order valence-electron chi connectivity index (χ2n) is 7.46. The summed E-state index contributed by atoms with van der Waals surface area (Å²) in [5, 5.41) is 3.30. The minimum atomic E-state index is -3.47. The van der Waals surface area contributed by atoms with Crippen LogP contribution >= 0.6 is 0 Å². The summed E-state index contributed by atoms with van der Waals surface area (Å²) in [4.78, 5) is 6.69. The van der Waals surface area contributed by atoms with Crippen LogP contribution in [-0.2, 0) is 16.4 Å². The molecule has 0 bridgehead atoms. The van der Waals surface area contributed by atoms with E-state index in [4.69, 9.17) is 4.74 Å². The van der Waals surface area contributed by atoms with E-state index in [-0.39, 0.29) is 4.90 Å². The van der Waals surface area contributed by atoms with Gasteiger partial charge in [0.05, 0.1) is 6.61 Å². The van der Waals surface area contributed by atoms with Crippen LogP contribution in [-0.4, -0.2) is 69.0 Å². The highest BCUT2D eigenvalue weighted by atomic mass is 32.2. The lowest BCUT2D eigenvalue weighted by atomic mass is 9.97. The van der Waals surface area contributed by atoms with Gasteiger partial charge in [-0.25, -0.2) is 13.4 Å². The Labute approximate surface area is 166 Å². The number of likely N-dealkylation sites (N-methyl/N-ethyl adjacent to an activating group) is 1. The van der Waals surface area contributed by atoms with Gasteiger partial charge in [-0.15, -0.1) is 0 Å². The van der Waals surface area contributed by atoms with Crippen LogP contribution in [0.25, 0.3) is 0 Å². The topological polar surface area (TPSA) is 74.8 Å². The van der Waals surface area contributed by atoms with E-state index in [1.165, 1.54) is 16.1 Å². The molecule has 2 aromatic rings. The smallest absolute Gasteiger partial charge is 0.244 e. The second-order valence-corrected chi connectivity index (χ2v) is 9.39. The molecule has 4 rings (SSSR count). The van der Waals surface area contributed by atoms with Crippen molar-refractivity contribution in [3.8, 4) is 5.75 Å². The van der Waals surface area contributed by atoms with Crippen LogP contribution < -0.4 is 10.1 Å². The van der Waals surface area contributed by atoms with Crippen molar-refractivity contribution in [2.75, 3.05) is 51.7 Å². The predicted octanol–water partition coefficient (Wildman–Crippen LogP) is 1.68. The number of para-hydroxylation sites is 1. The Balaban J connectivity index is 1.35. The van der Waals surface area contributed by atoms with E-state index in [0.717, 1.165) is 31.8 Å². The fourth-order valence-electron chi connectivity index (χ4n) is 3.59. The van der Waals surface area contributed by atoms with E-state index in [1.807, 2.05) is 25.2 Å². The van der Waals surface area contributed by atoms with E-state index in [0.29, 0.717) is 31.4 Å². The van der Waals surface area contributed by atoms with Gasteiger partial charge in [0.25, 0.3) is 0 Å². The number of fused-ring (bicyclic) bond motifs is 1. The Morgan fingerprint density at radius 3 is 2.68 bits per heavy atom. The standard InChI is InChI=1S/C20H26N4O3S/c1-23-8-10-24(11-9-23)28(25,26)18-6-7-20(22-14-18)21-13-16-12-17-4-2-3-5-19(17)27-15-16/h2-7,14,16H,8-13,15H2,1H3,(H,21,22). The molecule has 3 heterocycles. The molecule has 2 aliphatic rings. The first kappa shape index (κ1) is 19.2. The van der Waals surface area contributed by atoms with Gasteiger partial charge in [0.15, 0.2) is 0 Å². The molecule has 150 valence electrons. The molecule has 7 nitrogen and oxygen atoms in total. The SMILES string of the molecule is CN1CCN(S(=O)(=O)c2ccc(NCC3COc4ccccc4C3)nc2)CC1. The fourth-order valence-corrected chi connectivity index (χ4v) is 4.95. The van der Waals surface area contributed by atoms with Gasteiger partial charge in [-0.05, 0) is 37.2 Å². The van der Waals surface area contributed by atoms with E-state index >= 15 is 0 Å². The summed E-state index contributed by atoms with van der Waals surface area (Å²) >= 11 is 0. The average Bonchev–Trinajstić information content (AvgIpc) is 2.73. The third-order valence-corrected chi connectivity index (χ3v) is 7.25. The highest BCUT2D eigenvalue weighted by molar-refractivity contribution is 7.89. The molecule has 1 fully saturated rings. The molecule has 1 aromatic heterocycles. The summed E-state index contributed by atoms with van der Waals surface area (Å²) in [6.45, 7) is 3.92. The number of hydrogen-bond acceptors (Lipinski definition) is 6. The molecule has 0 radical (unpaired) electrons. The van der Waals surface area contributed by atoms with Gasteiger partial charge in [0.2, 0.25) is 10.0 Å². The van der Waals surface area contributed by atoms with Crippen molar-refractivity contribution in [2.24, 2.45) is 5.92 Å². The van der Waals surface area contributed by atoms with Crippen molar-refractivity contribution >= 4 is 15.8 Å². The number of sulfonamides is 1. The van der Waals surface area contributed by atoms with Crippen LogP contribution in [0.1, 0.15) is 5.56 Å². The maximum absolute atomic E-state index is 12.8. The quantitative estimate of drug-likeness (QED) is 0.820. The molecule has 0 aliphatic carbocycles. The third kappa shape index (κ3) is 4.14. The van der Waals surface area contributed by atoms with Crippen molar-refractivity contribution < 1.29 is 13.2 Å². The molecule has 1 atom stereocenters. The van der Waals surface area contributed by atoms with Gasteiger partial charge in [0, 0.05) is 44.8 Å². The molecule has 1 aromatic carbocycles. The van der Waals surface area contributed by atoms with Crippen molar-refractivity contribution in [2.45, 2.75) is 11.3 Å². The van der Waals surface area contributed by atoms with Crippen LogP contribution in [0.3, 0.4) is 0 Å². The minimum Gasteiger partial charge on any atom is -0.493 e. The second kappa shape index (κ2) is 8.06. The van der Waals surface area contributed by atoms with Crippen LogP contribution in [0.15, 0.2) is 47.5 Å². The number of rotatable bonds is 5. The normalized spacial score (nSPS) is 21.0. The van der Waals surface area contributed by atoms with E-state index in [1.54, 1.807) is 12.1 Å². The van der Waals surface area contributed by atoms with Gasteiger partial charge in [0.1, 0.15) is 16.5 Å². The number of nitrogens with zero attached hydrogens (tertiary/aromatic N) is 3. The molecule has 0 spiro atoms. The molecular weight excluding hydrogens is 376 g/mol. The van der Waals surface area contributed by atoms with Gasteiger partial charge in [-0.2, -0.15) is 4.31 Å². The maximum Gasteiger partial charge on any atom is 0.244 e. The number of ether oxygens (including phenoxy) is 1. The summed E-state index contributed by atoms with van der Waals surface area (Å²) in [7, 11) is -1.47. The van der Waals surface area contributed by atoms with Gasteiger partial charge in [-0.1, -0.05) is 18.2 Å². The molecular formula is C20H26N4O3S. The van der Waals surface area contributed by atoms with Crippen molar-refractivity contribution in [3.63, 3.8) is 0 Å². The monoisotopic (exact) mass is 402 g/mol. The van der Waals surface area contributed by atoms with Crippen LogP contribution in [0.4, 0.5) is 5.82 Å². The Bertz CT molecular complexity index is 909. The summed E-state index contributed by atoms with van der Waals surface area (Å²) in [5.41, 5.74) is 1.22. The predicted molar refractivity (Wildman–Crippen MR) is 108 cm³/mol.